The maximum atomic E-state index is 11.1. The topological polar surface area (TPSA) is 66.2 Å². The molecule has 0 saturated heterocycles. The van der Waals surface area contributed by atoms with Crippen LogP contribution in [-0.4, -0.2) is 20.8 Å². The normalized spacial score (nSPS) is 18.7. The molecule has 0 amide bonds. The number of hydrogen-bond acceptors (Lipinski definition) is 3. The Labute approximate surface area is 43.0 Å². The van der Waals surface area contributed by atoms with Crippen molar-refractivity contribution >= 4 is 11.1 Å². The Morgan fingerprint density at radius 3 is 2.43 bits per heavy atom. The fourth-order valence-electron chi connectivity index (χ4n) is 0.0514. The Bertz CT molecular complexity index is 78.1. The number of halogens is 1. The number of rotatable bonds is 2. The molecule has 0 fully saturated rings. The number of nitrogens with two attached hydrogens (primary N) is 1. The van der Waals surface area contributed by atoms with Crippen LogP contribution in [0.5, 0.6) is 0 Å². The van der Waals surface area contributed by atoms with Gasteiger partial charge in [-0.25, -0.2) is 4.39 Å². The first-order chi connectivity index (χ1) is 3.18. The first kappa shape index (κ1) is 7.00. The highest BCUT2D eigenvalue weighted by Crippen LogP contribution is 1.82. The van der Waals surface area contributed by atoms with Crippen LogP contribution in [0.4, 0.5) is 4.39 Å². The van der Waals surface area contributed by atoms with Crippen LogP contribution in [0.25, 0.3) is 0 Å². The third-order valence-corrected chi connectivity index (χ3v) is 1.02. The molecule has 0 radical (unpaired) electrons. The van der Waals surface area contributed by atoms with Crippen LogP contribution >= 0.6 is 0 Å². The molecule has 0 aromatic rings. The summed E-state index contributed by atoms with van der Waals surface area (Å²) in [4.78, 5) is 0. The van der Waals surface area contributed by atoms with Crippen LogP contribution < -0.4 is 5.73 Å². The van der Waals surface area contributed by atoms with E-state index in [4.69, 9.17) is 0 Å². The lowest BCUT2D eigenvalue weighted by molar-refractivity contribution is 0.454. The fraction of sp³-hybridized carbons (Fsp3) is 1.00. The van der Waals surface area contributed by atoms with Crippen LogP contribution in [0.3, 0.4) is 0 Å². The van der Waals surface area contributed by atoms with Crippen molar-refractivity contribution in [3.63, 3.8) is 0 Å². The highest BCUT2D eigenvalue weighted by atomic mass is 32.2. The zero-order chi connectivity index (χ0) is 5.86. The van der Waals surface area contributed by atoms with Crippen molar-refractivity contribution in [2.45, 2.75) is 5.37 Å². The van der Waals surface area contributed by atoms with Crippen molar-refractivity contribution in [3.8, 4) is 0 Å². The second kappa shape index (κ2) is 3.06. The van der Waals surface area contributed by atoms with Gasteiger partial charge >= 0.3 is 0 Å². The Balaban J connectivity index is 3.34. The molecule has 2 unspecified atom stereocenters. The predicted molar refractivity (Wildman–Crippen MR) is 22.9 cm³/mol. The lowest BCUT2D eigenvalue weighted by atomic mass is 10.8. The van der Waals surface area contributed by atoms with Gasteiger partial charge < -0.3 is 10.3 Å². The monoisotopic (exact) mass is 126 g/mol. The van der Waals surface area contributed by atoms with E-state index in [-0.39, 0.29) is 0 Å². The van der Waals surface area contributed by atoms with Gasteiger partial charge in [0.1, 0.15) is 6.67 Å². The highest BCUT2D eigenvalue weighted by Gasteiger charge is 1.96. The summed E-state index contributed by atoms with van der Waals surface area (Å²) in [6.45, 7) is -1.02. The zero-order valence-electron chi connectivity index (χ0n) is 3.46. The summed E-state index contributed by atoms with van der Waals surface area (Å²) in [5.74, 6) is 0. The van der Waals surface area contributed by atoms with Gasteiger partial charge in [-0.15, -0.1) is 0 Å². The summed E-state index contributed by atoms with van der Waals surface area (Å²) in [5, 5.41) is -1.35. The summed E-state index contributed by atoms with van der Waals surface area (Å²) >= 11 is -2.46. The first-order valence-corrected chi connectivity index (χ1v) is 2.72. The maximum Gasteiger partial charge on any atom is 0.115 e. The molecule has 2 atom stereocenters. The summed E-state index contributed by atoms with van der Waals surface area (Å²) in [5.41, 5.74) is 4.63. The van der Waals surface area contributed by atoms with Gasteiger partial charge in [-0.05, 0) is 11.1 Å². The molecule has 0 heterocycles. The van der Waals surface area contributed by atoms with Gasteiger partial charge in [-0.1, -0.05) is 0 Å². The van der Waals surface area contributed by atoms with Crippen molar-refractivity contribution < 1.29 is 13.2 Å². The molecule has 2 N–H and O–H groups in total. The second-order valence-corrected chi connectivity index (χ2v) is 2.08. The zero-order valence-corrected chi connectivity index (χ0v) is 4.28. The molecule has 44 valence electrons. The smallest absolute Gasteiger partial charge is 0.115 e. The Morgan fingerprint density at radius 2 is 2.43 bits per heavy atom. The molecule has 0 aromatic heterocycles. The van der Waals surface area contributed by atoms with Gasteiger partial charge in [0.05, 0.1) is 5.37 Å². The quantitative estimate of drug-likeness (QED) is 0.488. The fourth-order valence-corrected chi connectivity index (χ4v) is 0.154. The molecule has 7 heavy (non-hydrogen) atoms. The molecule has 0 aliphatic heterocycles. The minimum atomic E-state index is -2.46. The molecule has 0 saturated carbocycles. The van der Waals surface area contributed by atoms with Gasteiger partial charge in [0.25, 0.3) is 0 Å². The average Bonchev–Trinajstić information content (AvgIpc) is 1.65. The molecular weight excluding hydrogens is 121 g/mol. The predicted octanol–water partition coefficient (Wildman–Crippen LogP) is -0.880. The molecule has 0 rings (SSSR count). The Hall–Kier alpha value is -0.0000000000000000486. The van der Waals surface area contributed by atoms with E-state index < -0.39 is 23.1 Å². The largest absolute Gasteiger partial charge is 0.771 e. The van der Waals surface area contributed by atoms with E-state index in [2.05, 4.69) is 5.73 Å². The van der Waals surface area contributed by atoms with E-state index in [1.54, 1.807) is 0 Å². The number of alkyl halides is 1. The van der Waals surface area contributed by atoms with Gasteiger partial charge in [0.15, 0.2) is 0 Å². The van der Waals surface area contributed by atoms with Crippen LogP contribution in [0, 0.1) is 0 Å². The van der Waals surface area contributed by atoms with Crippen molar-refractivity contribution in [1.29, 1.82) is 0 Å². The van der Waals surface area contributed by atoms with Gasteiger partial charge in [0, 0.05) is 0 Å². The molecule has 0 aliphatic rings. The average molecular weight is 126 g/mol. The SMILES string of the molecule is NC(CF)S(=O)[O-]. The van der Waals surface area contributed by atoms with Crippen LogP contribution in [-0.2, 0) is 11.1 Å². The molecule has 5 heteroatoms. The van der Waals surface area contributed by atoms with Crippen LogP contribution in [0.15, 0.2) is 0 Å². The lowest BCUT2D eigenvalue weighted by Gasteiger charge is -2.08. The third kappa shape index (κ3) is 2.67. The Morgan fingerprint density at radius 1 is 2.00 bits per heavy atom. The molecule has 0 aromatic carbocycles. The minimum Gasteiger partial charge on any atom is -0.771 e. The van der Waals surface area contributed by atoms with E-state index in [1.807, 2.05) is 0 Å². The van der Waals surface area contributed by atoms with Crippen LogP contribution in [0.2, 0.25) is 0 Å². The van der Waals surface area contributed by atoms with Gasteiger partial charge in [-0.2, -0.15) is 0 Å². The van der Waals surface area contributed by atoms with E-state index in [9.17, 15) is 13.2 Å². The first-order valence-electron chi connectivity index (χ1n) is 1.58. The standard InChI is InChI=1S/C2H6FNO2S/c3-1-2(4)7(5)6/h2H,1,4H2,(H,5,6)/p-1. The van der Waals surface area contributed by atoms with Crippen LogP contribution in [0.1, 0.15) is 0 Å². The Kier molecular flexibility index (Phi) is 3.06. The van der Waals surface area contributed by atoms with Crippen molar-refractivity contribution in [1.82, 2.24) is 0 Å². The van der Waals surface area contributed by atoms with E-state index >= 15 is 0 Å². The minimum absolute atomic E-state index is 1.02. The van der Waals surface area contributed by atoms with Gasteiger partial charge in [0.2, 0.25) is 0 Å². The van der Waals surface area contributed by atoms with Crippen molar-refractivity contribution in [2.24, 2.45) is 5.73 Å². The molecule has 3 nitrogen and oxygen atoms in total. The molecule has 0 bridgehead atoms. The molecular formula is C2H5FNO2S-. The third-order valence-electron chi connectivity index (χ3n) is 0.399. The molecule has 0 aliphatic carbocycles. The highest BCUT2D eigenvalue weighted by molar-refractivity contribution is 7.79. The molecule has 0 spiro atoms. The summed E-state index contributed by atoms with van der Waals surface area (Å²) in [7, 11) is 0. The maximum absolute atomic E-state index is 11.1. The summed E-state index contributed by atoms with van der Waals surface area (Å²) in [6, 6.07) is 0. The van der Waals surface area contributed by atoms with Crippen molar-refractivity contribution in [3.05, 3.63) is 0 Å². The number of hydrogen-bond donors (Lipinski definition) is 1. The summed E-state index contributed by atoms with van der Waals surface area (Å²) in [6.07, 6.45) is 0. The lowest BCUT2D eigenvalue weighted by Crippen LogP contribution is -2.27. The summed E-state index contributed by atoms with van der Waals surface area (Å²) < 4.78 is 30.2. The van der Waals surface area contributed by atoms with E-state index in [0.717, 1.165) is 0 Å². The van der Waals surface area contributed by atoms with Gasteiger partial charge in [-0.3, -0.25) is 4.21 Å². The van der Waals surface area contributed by atoms with E-state index in [0.29, 0.717) is 0 Å². The van der Waals surface area contributed by atoms with E-state index in [1.165, 1.54) is 0 Å². The van der Waals surface area contributed by atoms with Crippen molar-refractivity contribution in [2.75, 3.05) is 6.67 Å². The second-order valence-electron chi connectivity index (χ2n) is 0.953.